The zero-order valence-corrected chi connectivity index (χ0v) is 27.1. The molecular formula is C28H45N5O5S2. The normalized spacial score (nSPS) is 17.0. The van der Waals surface area contributed by atoms with Gasteiger partial charge in [0.2, 0.25) is 0 Å². The second-order valence-electron chi connectivity index (χ2n) is 13.4. The van der Waals surface area contributed by atoms with Gasteiger partial charge in [-0.15, -0.1) is 22.7 Å². The number of rotatable bonds is 7. The molecule has 0 bridgehead atoms. The number of anilines is 2. The van der Waals surface area contributed by atoms with Crippen molar-refractivity contribution in [1.82, 2.24) is 14.9 Å². The van der Waals surface area contributed by atoms with Crippen molar-refractivity contribution < 1.29 is 24.2 Å². The first-order valence-electron chi connectivity index (χ1n) is 13.6. The van der Waals surface area contributed by atoms with Gasteiger partial charge in [-0.3, -0.25) is 10.6 Å². The Labute approximate surface area is 245 Å². The van der Waals surface area contributed by atoms with E-state index in [0.717, 1.165) is 30.0 Å². The highest BCUT2D eigenvalue weighted by Crippen LogP contribution is 2.52. The third-order valence-corrected chi connectivity index (χ3v) is 8.96. The van der Waals surface area contributed by atoms with Crippen LogP contribution in [0.5, 0.6) is 0 Å². The van der Waals surface area contributed by atoms with E-state index < -0.39 is 23.4 Å². The summed E-state index contributed by atoms with van der Waals surface area (Å²) >= 11 is 3.00. The van der Waals surface area contributed by atoms with Crippen molar-refractivity contribution in [2.75, 3.05) is 24.7 Å². The second-order valence-corrected chi connectivity index (χ2v) is 15.4. The molecule has 12 heteroatoms. The zero-order chi connectivity index (χ0) is 30.1. The highest BCUT2D eigenvalue weighted by Gasteiger charge is 2.44. The average molecular weight is 596 g/mol. The van der Waals surface area contributed by atoms with Gasteiger partial charge in [0.1, 0.15) is 11.2 Å². The number of carbonyl (C=O) groups is 2. The van der Waals surface area contributed by atoms with Crippen LogP contribution in [0.4, 0.5) is 19.9 Å². The molecule has 224 valence electrons. The monoisotopic (exact) mass is 595 g/mol. The first kappa shape index (κ1) is 32.2. The van der Waals surface area contributed by atoms with Crippen LogP contribution in [0.2, 0.25) is 0 Å². The molecule has 0 aromatic carbocycles. The van der Waals surface area contributed by atoms with E-state index in [9.17, 15) is 14.7 Å². The Morgan fingerprint density at radius 3 is 1.52 bits per heavy atom. The number of hydrogen-bond acceptors (Lipinski definition) is 10. The number of aliphatic hydroxyl groups is 1. The van der Waals surface area contributed by atoms with Gasteiger partial charge in [-0.25, -0.2) is 19.6 Å². The standard InChI is InChI=1S/C15H25N3O2S.C13H20N2O3S/c1-14(2,3)20-13(19)17-12-16-10(9-18(5)6)11(21-12)15(4)7-8-15;1-12(2,3)18-11(17)15-10-14-8(7-16)9(19-10)13(4)5-6-13/h7-9H2,1-6H3,(H,16,17,19);16H,5-7H2,1-4H3,(H,14,15,17). The van der Waals surface area contributed by atoms with E-state index in [1.54, 1.807) is 11.3 Å². The van der Waals surface area contributed by atoms with Crippen molar-refractivity contribution in [3.05, 3.63) is 21.1 Å². The average Bonchev–Trinajstić information content (AvgIpc) is 3.61. The zero-order valence-electron chi connectivity index (χ0n) is 25.5. The maximum absolute atomic E-state index is 11.9. The Bertz CT molecular complexity index is 1200. The van der Waals surface area contributed by atoms with Gasteiger partial charge in [0, 0.05) is 27.1 Å². The van der Waals surface area contributed by atoms with Gasteiger partial charge in [0.25, 0.3) is 0 Å². The molecule has 0 spiro atoms. The Morgan fingerprint density at radius 1 is 0.825 bits per heavy atom. The second kappa shape index (κ2) is 11.9. The van der Waals surface area contributed by atoms with Crippen molar-refractivity contribution in [3.63, 3.8) is 0 Å². The fourth-order valence-electron chi connectivity index (χ4n) is 3.88. The Kier molecular flexibility index (Phi) is 9.60. The van der Waals surface area contributed by atoms with E-state index in [1.807, 2.05) is 55.6 Å². The lowest BCUT2D eigenvalue weighted by Crippen LogP contribution is -2.27. The summed E-state index contributed by atoms with van der Waals surface area (Å²) in [5.41, 5.74) is 1.07. The van der Waals surface area contributed by atoms with Crippen molar-refractivity contribution >= 4 is 45.1 Å². The van der Waals surface area contributed by atoms with Crippen molar-refractivity contribution in [2.45, 2.75) is 116 Å². The smallest absolute Gasteiger partial charge is 0.413 e. The molecule has 2 fully saturated rings. The van der Waals surface area contributed by atoms with E-state index in [1.165, 1.54) is 29.1 Å². The minimum Gasteiger partial charge on any atom is -0.444 e. The summed E-state index contributed by atoms with van der Waals surface area (Å²) < 4.78 is 10.5. The van der Waals surface area contributed by atoms with Gasteiger partial charge in [-0.1, -0.05) is 13.8 Å². The summed E-state index contributed by atoms with van der Waals surface area (Å²) in [5.74, 6) is 0. The lowest BCUT2D eigenvalue weighted by molar-refractivity contribution is 0.0624. The summed E-state index contributed by atoms with van der Waals surface area (Å²) in [5, 5.41) is 15.8. The Hall–Kier alpha value is -2.28. The van der Waals surface area contributed by atoms with Crippen LogP contribution in [0.3, 0.4) is 0 Å². The fraction of sp³-hybridized carbons (Fsp3) is 0.714. The van der Waals surface area contributed by atoms with E-state index in [0.29, 0.717) is 16.0 Å². The Balaban J connectivity index is 0.000000222. The molecule has 0 radical (unpaired) electrons. The molecule has 2 amide bonds. The summed E-state index contributed by atoms with van der Waals surface area (Å²) in [6.07, 6.45) is 3.64. The minimum absolute atomic E-state index is 0.0998. The quantitative estimate of drug-likeness (QED) is 0.325. The lowest BCUT2D eigenvalue weighted by Gasteiger charge is -2.18. The number of aliphatic hydroxyl groups excluding tert-OH is 1. The number of thiazole rings is 2. The molecule has 2 aliphatic carbocycles. The molecule has 2 aliphatic rings. The number of aromatic nitrogens is 2. The SMILES string of the molecule is CC(C)(C)OC(=O)Nc1nc(CO)c(C2(C)CC2)s1.CN(C)Cc1nc(NC(=O)OC(C)(C)C)sc1C1(C)CC1. The van der Waals surface area contributed by atoms with Crippen molar-refractivity contribution in [1.29, 1.82) is 0 Å². The number of ether oxygens (including phenoxy) is 2. The molecular weight excluding hydrogens is 550 g/mol. The maximum Gasteiger partial charge on any atom is 0.413 e. The van der Waals surface area contributed by atoms with E-state index >= 15 is 0 Å². The van der Waals surface area contributed by atoms with Gasteiger partial charge in [-0.2, -0.15) is 0 Å². The van der Waals surface area contributed by atoms with Crippen molar-refractivity contribution in [2.24, 2.45) is 0 Å². The molecule has 4 rings (SSSR count). The predicted octanol–water partition coefficient (Wildman–Crippen LogP) is 6.64. The third-order valence-electron chi connectivity index (χ3n) is 6.32. The molecule has 0 unspecified atom stereocenters. The summed E-state index contributed by atoms with van der Waals surface area (Å²) in [7, 11) is 4.05. The van der Waals surface area contributed by atoms with Gasteiger partial charge >= 0.3 is 12.2 Å². The summed E-state index contributed by atoms with van der Waals surface area (Å²) in [6.45, 7) is 16.1. The molecule has 0 saturated heterocycles. The minimum atomic E-state index is -0.535. The van der Waals surface area contributed by atoms with Crippen LogP contribution < -0.4 is 10.6 Å². The van der Waals surface area contributed by atoms with Crippen LogP contribution in [0.1, 0.15) is 102 Å². The van der Waals surface area contributed by atoms with Gasteiger partial charge in [-0.05, 0) is 81.3 Å². The molecule has 40 heavy (non-hydrogen) atoms. The van der Waals surface area contributed by atoms with Crippen LogP contribution in [0.15, 0.2) is 0 Å². The highest BCUT2D eigenvalue weighted by atomic mass is 32.1. The molecule has 3 N–H and O–H groups in total. The molecule has 2 heterocycles. The molecule has 0 atom stereocenters. The van der Waals surface area contributed by atoms with E-state index in [2.05, 4.69) is 39.3 Å². The van der Waals surface area contributed by atoms with Crippen LogP contribution in [0.25, 0.3) is 0 Å². The van der Waals surface area contributed by atoms with Crippen LogP contribution >= 0.6 is 22.7 Å². The number of amides is 2. The van der Waals surface area contributed by atoms with Crippen LogP contribution in [0, 0.1) is 0 Å². The van der Waals surface area contributed by atoms with E-state index in [-0.39, 0.29) is 17.4 Å². The number of carbonyl (C=O) groups excluding carboxylic acids is 2. The summed E-state index contributed by atoms with van der Waals surface area (Å²) in [4.78, 5) is 36.8. The molecule has 10 nitrogen and oxygen atoms in total. The number of nitrogens with one attached hydrogen (secondary N) is 2. The van der Waals surface area contributed by atoms with Crippen LogP contribution in [-0.2, 0) is 33.5 Å². The fourth-order valence-corrected chi connectivity index (χ4v) is 6.20. The molecule has 2 aromatic heterocycles. The number of hydrogen-bond donors (Lipinski definition) is 3. The molecule has 2 saturated carbocycles. The molecule has 2 aromatic rings. The Morgan fingerprint density at radius 2 is 1.20 bits per heavy atom. The van der Waals surface area contributed by atoms with Crippen LogP contribution in [-0.4, -0.2) is 57.5 Å². The third kappa shape index (κ3) is 9.39. The van der Waals surface area contributed by atoms with Gasteiger partial charge in [0.05, 0.1) is 18.0 Å². The predicted molar refractivity (Wildman–Crippen MR) is 160 cm³/mol. The van der Waals surface area contributed by atoms with Gasteiger partial charge < -0.3 is 19.5 Å². The number of nitrogens with zero attached hydrogens (tertiary/aromatic N) is 3. The summed E-state index contributed by atoms with van der Waals surface area (Å²) in [6, 6.07) is 0. The first-order chi connectivity index (χ1) is 18.3. The highest BCUT2D eigenvalue weighted by molar-refractivity contribution is 7.16. The lowest BCUT2D eigenvalue weighted by atomic mass is 10.1. The largest absolute Gasteiger partial charge is 0.444 e. The van der Waals surface area contributed by atoms with Crippen molar-refractivity contribution in [3.8, 4) is 0 Å². The van der Waals surface area contributed by atoms with E-state index in [4.69, 9.17) is 9.47 Å². The topological polar surface area (TPSA) is 126 Å². The first-order valence-corrected chi connectivity index (χ1v) is 15.2. The maximum atomic E-state index is 11.9. The van der Waals surface area contributed by atoms with Gasteiger partial charge in [0.15, 0.2) is 10.3 Å². The molecule has 0 aliphatic heterocycles.